The van der Waals surface area contributed by atoms with Gasteiger partial charge in [-0.25, -0.2) is 0 Å². The first kappa shape index (κ1) is 24.9. The highest BCUT2D eigenvalue weighted by atomic mass is 32.1. The highest BCUT2D eigenvalue weighted by Gasteiger charge is 2.35. The number of thiophene rings is 1. The summed E-state index contributed by atoms with van der Waals surface area (Å²) in [7, 11) is 1.64. The molecule has 3 amide bonds. The Balaban J connectivity index is 1.55. The lowest BCUT2D eigenvalue weighted by atomic mass is 9.99. The number of amides is 3. The molecule has 4 rings (SSSR count). The van der Waals surface area contributed by atoms with Crippen molar-refractivity contribution in [1.29, 1.82) is 0 Å². The lowest BCUT2D eigenvalue weighted by molar-refractivity contribution is -0.147. The average molecular weight is 494 g/mol. The molecule has 35 heavy (non-hydrogen) atoms. The van der Waals surface area contributed by atoms with Gasteiger partial charge in [0.2, 0.25) is 18.2 Å². The molecule has 2 N–H and O–H groups in total. The number of piperidine rings is 1. The van der Waals surface area contributed by atoms with Crippen molar-refractivity contribution in [3.05, 3.63) is 70.4 Å². The van der Waals surface area contributed by atoms with Gasteiger partial charge in [-0.3, -0.25) is 14.4 Å². The molecule has 2 heterocycles. The van der Waals surface area contributed by atoms with Crippen LogP contribution in [-0.4, -0.2) is 71.5 Å². The Morgan fingerprint density at radius 2 is 1.86 bits per heavy atom. The van der Waals surface area contributed by atoms with Crippen molar-refractivity contribution in [2.45, 2.75) is 43.9 Å². The largest absolute Gasteiger partial charge is 0.393 e. The van der Waals surface area contributed by atoms with E-state index in [2.05, 4.69) is 5.32 Å². The van der Waals surface area contributed by atoms with Gasteiger partial charge in [0.05, 0.1) is 6.10 Å². The van der Waals surface area contributed by atoms with Crippen LogP contribution in [0.4, 0.5) is 0 Å². The van der Waals surface area contributed by atoms with E-state index in [0.29, 0.717) is 45.2 Å². The van der Waals surface area contributed by atoms with Gasteiger partial charge in [-0.05, 0) is 40.6 Å². The van der Waals surface area contributed by atoms with Crippen LogP contribution in [0, 0.1) is 0 Å². The molecule has 0 saturated carbocycles. The number of hydrogen-bond donors (Lipinski definition) is 2. The highest BCUT2D eigenvalue weighted by molar-refractivity contribution is 7.09. The van der Waals surface area contributed by atoms with Crippen molar-refractivity contribution in [3.8, 4) is 0 Å². The van der Waals surface area contributed by atoms with Gasteiger partial charge in [0.25, 0.3) is 0 Å². The van der Waals surface area contributed by atoms with Gasteiger partial charge in [-0.1, -0.05) is 48.5 Å². The van der Waals surface area contributed by atoms with E-state index in [4.69, 9.17) is 0 Å². The maximum Gasteiger partial charge on any atom is 0.245 e. The Labute approximate surface area is 209 Å². The van der Waals surface area contributed by atoms with Crippen LogP contribution in [0.3, 0.4) is 0 Å². The Morgan fingerprint density at radius 3 is 2.54 bits per heavy atom. The van der Waals surface area contributed by atoms with Crippen LogP contribution in [-0.2, 0) is 27.2 Å². The molecule has 2 unspecified atom stereocenters. The molecule has 1 aliphatic rings. The standard InChI is InChI=1S/C27H31N3O4S/c1-29(25(17-23-7-4-14-35-23)27(34)30-12-10-22(32)11-13-30)26(33)24(28-18-31)16-19-8-9-20-5-2-3-6-21(20)15-19/h2-9,14-15,18,22,24-25,32H,10-13,16-17H2,1H3,(H,28,31). The minimum absolute atomic E-state index is 0.128. The molecule has 0 aliphatic carbocycles. The Morgan fingerprint density at radius 1 is 1.11 bits per heavy atom. The van der Waals surface area contributed by atoms with Crippen LogP contribution >= 0.6 is 11.3 Å². The van der Waals surface area contributed by atoms with Gasteiger partial charge in [-0.2, -0.15) is 0 Å². The van der Waals surface area contributed by atoms with E-state index in [1.165, 1.54) is 4.90 Å². The highest BCUT2D eigenvalue weighted by Crippen LogP contribution is 2.21. The molecule has 2 aromatic carbocycles. The number of benzene rings is 2. The van der Waals surface area contributed by atoms with Gasteiger partial charge >= 0.3 is 0 Å². The Kier molecular flexibility index (Phi) is 8.15. The molecular formula is C27H31N3O4S. The molecule has 184 valence electrons. The topological polar surface area (TPSA) is 90.0 Å². The smallest absolute Gasteiger partial charge is 0.245 e. The first-order valence-electron chi connectivity index (χ1n) is 11.9. The van der Waals surface area contributed by atoms with Crippen LogP contribution in [0.2, 0.25) is 0 Å². The number of nitrogens with zero attached hydrogens (tertiary/aromatic N) is 2. The third-order valence-corrected chi connectivity index (χ3v) is 7.57. The summed E-state index contributed by atoms with van der Waals surface area (Å²) in [5.74, 6) is -0.436. The van der Waals surface area contributed by atoms with Gasteiger partial charge in [0, 0.05) is 37.9 Å². The second-order valence-electron chi connectivity index (χ2n) is 9.03. The summed E-state index contributed by atoms with van der Waals surface area (Å²) in [4.78, 5) is 42.8. The zero-order valence-electron chi connectivity index (χ0n) is 19.8. The zero-order valence-corrected chi connectivity index (χ0v) is 20.6. The van der Waals surface area contributed by atoms with Crippen molar-refractivity contribution in [2.24, 2.45) is 0 Å². The lowest BCUT2D eigenvalue weighted by Gasteiger charge is -2.36. The minimum Gasteiger partial charge on any atom is -0.393 e. The molecule has 3 aromatic rings. The normalized spacial score (nSPS) is 16.0. The fourth-order valence-electron chi connectivity index (χ4n) is 4.61. The maximum absolute atomic E-state index is 13.6. The van der Waals surface area contributed by atoms with Crippen molar-refractivity contribution in [1.82, 2.24) is 15.1 Å². The second kappa shape index (κ2) is 11.5. The van der Waals surface area contributed by atoms with Gasteiger partial charge in [-0.15, -0.1) is 11.3 Å². The molecule has 1 aliphatic heterocycles. The quantitative estimate of drug-likeness (QED) is 0.449. The number of fused-ring (bicyclic) bond motifs is 1. The summed E-state index contributed by atoms with van der Waals surface area (Å²) in [5, 5.41) is 16.6. The molecule has 0 bridgehead atoms. The SMILES string of the molecule is CN(C(=O)C(Cc1ccc2ccccc2c1)NC=O)C(Cc1cccs1)C(=O)N1CCC(O)CC1. The lowest BCUT2D eigenvalue weighted by Crippen LogP contribution is -2.56. The van der Waals surface area contributed by atoms with Crippen molar-refractivity contribution < 1.29 is 19.5 Å². The van der Waals surface area contributed by atoms with E-state index in [0.717, 1.165) is 21.2 Å². The number of likely N-dealkylation sites (tertiary alicyclic amines) is 1. The minimum atomic E-state index is -0.791. The number of rotatable bonds is 9. The molecule has 8 heteroatoms. The monoisotopic (exact) mass is 493 g/mol. The van der Waals surface area contributed by atoms with Crippen LogP contribution in [0.5, 0.6) is 0 Å². The van der Waals surface area contributed by atoms with Crippen LogP contribution in [0.25, 0.3) is 10.8 Å². The summed E-state index contributed by atoms with van der Waals surface area (Å²) in [6, 6.07) is 16.4. The van der Waals surface area contributed by atoms with Crippen LogP contribution in [0.1, 0.15) is 23.3 Å². The summed E-state index contributed by atoms with van der Waals surface area (Å²) < 4.78 is 0. The summed E-state index contributed by atoms with van der Waals surface area (Å²) in [6.07, 6.45) is 1.94. The number of aliphatic hydroxyl groups is 1. The fraction of sp³-hybridized carbons (Fsp3) is 0.370. The van der Waals surface area contributed by atoms with Gasteiger partial charge < -0.3 is 20.2 Å². The van der Waals surface area contributed by atoms with E-state index in [1.807, 2.05) is 60.0 Å². The molecule has 0 spiro atoms. The maximum atomic E-state index is 13.6. The predicted molar refractivity (Wildman–Crippen MR) is 137 cm³/mol. The third kappa shape index (κ3) is 6.07. The third-order valence-electron chi connectivity index (χ3n) is 6.67. The van der Waals surface area contributed by atoms with Crippen molar-refractivity contribution in [2.75, 3.05) is 20.1 Å². The van der Waals surface area contributed by atoms with E-state index in [1.54, 1.807) is 23.3 Å². The number of hydrogen-bond acceptors (Lipinski definition) is 5. The van der Waals surface area contributed by atoms with E-state index < -0.39 is 18.2 Å². The van der Waals surface area contributed by atoms with Gasteiger partial charge in [0.15, 0.2) is 0 Å². The molecule has 0 radical (unpaired) electrons. The molecule has 2 atom stereocenters. The summed E-state index contributed by atoms with van der Waals surface area (Å²) in [6.45, 7) is 0.937. The molecule has 7 nitrogen and oxygen atoms in total. The zero-order chi connectivity index (χ0) is 24.8. The molecule has 1 aromatic heterocycles. The van der Waals surface area contributed by atoms with E-state index in [-0.39, 0.29) is 11.8 Å². The first-order chi connectivity index (χ1) is 17.0. The average Bonchev–Trinajstić information content (AvgIpc) is 3.39. The number of carbonyl (C=O) groups is 3. The number of aliphatic hydroxyl groups excluding tert-OH is 1. The Hall–Kier alpha value is -3.23. The molecule has 1 fully saturated rings. The van der Waals surface area contributed by atoms with Crippen molar-refractivity contribution >= 4 is 40.3 Å². The first-order valence-corrected chi connectivity index (χ1v) is 12.8. The van der Waals surface area contributed by atoms with E-state index >= 15 is 0 Å². The van der Waals surface area contributed by atoms with Crippen LogP contribution in [0.15, 0.2) is 60.0 Å². The van der Waals surface area contributed by atoms with Crippen molar-refractivity contribution in [3.63, 3.8) is 0 Å². The number of nitrogens with one attached hydrogen (secondary N) is 1. The number of likely N-dealkylation sites (N-methyl/N-ethyl adjacent to an activating group) is 1. The summed E-state index contributed by atoms with van der Waals surface area (Å²) in [5.41, 5.74) is 0.927. The van der Waals surface area contributed by atoms with E-state index in [9.17, 15) is 19.5 Å². The van der Waals surface area contributed by atoms with Crippen LogP contribution < -0.4 is 5.32 Å². The predicted octanol–water partition coefficient (Wildman–Crippen LogP) is 2.61. The molecule has 1 saturated heterocycles. The van der Waals surface area contributed by atoms with Gasteiger partial charge in [0.1, 0.15) is 12.1 Å². The Bertz CT molecular complexity index is 1160. The fourth-order valence-corrected chi connectivity index (χ4v) is 5.35. The second-order valence-corrected chi connectivity index (χ2v) is 10.1. The molecular weight excluding hydrogens is 462 g/mol. The summed E-state index contributed by atoms with van der Waals surface area (Å²) >= 11 is 1.55. The number of carbonyl (C=O) groups excluding carboxylic acids is 3.